The van der Waals surface area contributed by atoms with Crippen molar-refractivity contribution in [3.05, 3.63) is 24.3 Å². The maximum Gasteiger partial charge on any atom is 0.283 e. The fourth-order valence-electron chi connectivity index (χ4n) is 1.77. The molecule has 6 nitrogen and oxygen atoms in total. The molecule has 0 saturated carbocycles. The lowest BCUT2D eigenvalue weighted by Gasteiger charge is -2.25. The zero-order valence-corrected chi connectivity index (χ0v) is 12.7. The molecule has 1 aliphatic rings. The average Bonchev–Trinajstić information content (AvgIpc) is 2.52. The van der Waals surface area contributed by atoms with E-state index in [1.807, 2.05) is 12.1 Å². The molecular weight excluding hydrogens is 290 g/mol. The normalized spacial score (nSPS) is 16.0. The average molecular weight is 309 g/mol. The van der Waals surface area contributed by atoms with E-state index < -0.39 is 6.10 Å². The van der Waals surface area contributed by atoms with Gasteiger partial charge in [-0.15, -0.1) is 0 Å². The van der Waals surface area contributed by atoms with Gasteiger partial charge in [-0.3, -0.25) is 15.6 Å². The summed E-state index contributed by atoms with van der Waals surface area (Å²) in [6, 6.07) is 7.24. The molecular formula is C14H19N3O3S. The van der Waals surface area contributed by atoms with E-state index in [-0.39, 0.29) is 12.5 Å². The van der Waals surface area contributed by atoms with Crippen molar-refractivity contribution in [2.45, 2.75) is 25.9 Å². The minimum absolute atomic E-state index is 0.167. The molecule has 1 unspecified atom stereocenters. The number of hydrogen-bond donors (Lipinski definition) is 3. The van der Waals surface area contributed by atoms with Crippen LogP contribution in [0.5, 0.6) is 11.5 Å². The van der Waals surface area contributed by atoms with Crippen molar-refractivity contribution in [3.63, 3.8) is 0 Å². The predicted octanol–water partition coefficient (Wildman–Crippen LogP) is 1.12. The van der Waals surface area contributed by atoms with E-state index in [9.17, 15) is 4.79 Å². The van der Waals surface area contributed by atoms with Crippen LogP contribution in [0.25, 0.3) is 0 Å². The Labute approximate surface area is 129 Å². The molecule has 2 rings (SSSR count). The number of amides is 1. The zero-order chi connectivity index (χ0) is 15.1. The van der Waals surface area contributed by atoms with Crippen LogP contribution in [0.3, 0.4) is 0 Å². The molecule has 0 aliphatic carbocycles. The second-order valence-corrected chi connectivity index (χ2v) is 5.00. The number of para-hydroxylation sites is 2. The van der Waals surface area contributed by atoms with Crippen LogP contribution >= 0.6 is 12.2 Å². The molecule has 0 spiro atoms. The minimum atomic E-state index is -0.703. The first-order chi connectivity index (χ1) is 10.2. The molecule has 0 aromatic heterocycles. The van der Waals surface area contributed by atoms with Gasteiger partial charge in [-0.05, 0) is 30.8 Å². The highest BCUT2D eigenvalue weighted by molar-refractivity contribution is 7.80. The second kappa shape index (κ2) is 7.68. The van der Waals surface area contributed by atoms with Crippen molar-refractivity contribution in [1.29, 1.82) is 0 Å². The number of hydrogen-bond acceptors (Lipinski definition) is 4. The number of thiocarbonyl (C=S) groups is 1. The van der Waals surface area contributed by atoms with E-state index in [1.165, 1.54) is 0 Å². The molecule has 7 heteroatoms. The highest BCUT2D eigenvalue weighted by atomic mass is 32.1. The monoisotopic (exact) mass is 309 g/mol. The third kappa shape index (κ3) is 4.49. The highest BCUT2D eigenvalue weighted by Gasteiger charge is 2.27. The summed E-state index contributed by atoms with van der Waals surface area (Å²) in [5.74, 6) is 0.878. The first kappa shape index (κ1) is 15.4. The van der Waals surface area contributed by atoms with Crippen LogP contribution in [0.15, 0.2) is 24.3 Å². The minimum Gasteiger partial charge on any atom is -0.485 e. The van der Waals surface area contributed by atoms with Gasteiger partial charge in [-0.25, -0.2) is 0 Å². The first-order valence-electron chi connectivity index (χ1n) is 6.93. The summed E-state index contributed by atoms with van der Waals surface area (Å²) < 4.78 is 11.1. The topological polar surface area (TPSA) is 71.6 Å². The smallest absolute Gasteiger partial charge is 0.283 e. The van der Waals surface area contributed by atoms with Gasteiger partial charge >= 0.3 is 0 Å². The Hall–Kier alpha value is -2.02. The van der Waals surface area contributed by atoms with Crippen LogP contribution in [0.4, 0.5) is 0 Å². The van der Waals surface area contributed by atoms with Gasteiger partial charge in [0.15, 0.2) is 16.6 Å². The van der Waals surface area contributed by atoms with Crippen molar-refractivity contribution in [1.82, 2.24) is 16.2 Å². The number of carbonyl (C=O) groups is 1. The highest BCUT2D eigenvalue weighted by Crippen LogP contribution is 2.30. The molecule has 0 radical (unpaired) electrons. The van der Waals surface area contributed by atoms with Crippen molar-refractivity contribution in [2.75, 3.05) is 13.2 Å². The molecule has 114 valence electrons. The molecule has 21 heavy (non-hydrogen) atoms. The number of carbonyl (C=O) groups excluding carboxylic acids is 1. The van der Waals surface area contributed by atoms with Crippen molar-refractivity contribution < 1.29 is 14.3 Å². The van der Waals surface area contributed by atoms with Crippen LogP contribution in [-0.2, 0) is 4.79 Å². The molecule has 1 heterocycles. The summed E-state index contributed by atoms with van der Waals surface area (Å²) in [6.45, 7) is 3.04. The van der Waals surface area contributed by atoms with E-state index in [4.69, 9.17) is 21.7 Å². The Balaban J connectivity index is 1.76. The number of ether oxygens (including phenoxy) is 2. The lowest BCUT2D eigenvalue weighted by molar-refractivity contribution is -0.130. The van der Waals surface area contributed by atoms with E-state index in [0.717, 1.165) is 19.4 Å². The molecule has 0 bridgehead atoms. The number of rotatable bonds is 4. The van der Waals surface area contributed by atoms with Gasteiger partial charge in [-0.1, -0.05) is 25.5 Å². The Morgan fingerprint density at radius 1 is 1.33 bits per heavy atom. The Kier molecular flexibility index (Phi) is 5.62. The van der Waals surface area contributed by atoms with Crippen molar-refractivity contribution in [2.24, 2.45) is 0 Å². The number of nitrogens with one attached hydrogen (secondary N) is 3. The first-order valence-corrected chi connectivity index (χ1v) is 7.33. The SMILES string of the molecule is CCCCNC(=S)NNC(=O)C1COc2ccccc2O1. The number of fused-ring (bicyclic) bond motifs is 1. The summed E-state index contributed by atoms with van der Waals surface area (Å²) >= 11 is 5.04. The lowest BCUT2D eigenvalue weighted by atomic mass is 10.2. The van der Waals surface area contributed by atoms with Crippen LogP contribution in [-0.4, -0.2) is 30.3 Å². The van der Waals surface area contributed by atoms with Gasteiger partial charge in [0.1, 0.15) is 6.61 Å². The predicted molar refractivity (Wildman–Crippen MR) is 83.1 cm³/mol. The molecule has 3 N–H and O–H groups in total. The standard InChI is InChI=1S/C14H19N3O3S/c1-2-3-8-15-14(21)17-16-13(18)12-9-19-10-6-4-5-7-11(10)20-12/h4-7,12H,2-3,8-9H2,1H3,(H,16,18)(H2,15,17,21). The van der Waals surface area contributed by atoms with Gasteiger partial charge in [0.05, 0.1) is 0 Å². The van der Waals surface area contributed by atoms with Gasteiger partial charge in [0, 0.05) is 6.54 Å². The Morgan fingerprint density at radius 3 is 2.86 bits per heavy atom. The van der Waals surface area contributed by atoms with Crippen molar-refractivity contribution in [3.8, 4) is 11.5 Å². The summed E-state index contributed by atoms with van der Waals surface area (Å²) in [5.41, 5.74) is 5.16. The fraction of sp³-hybridized carbons (Fsp3) is 0.429. The van der Waals surface area contributed by atoms with Gasteiger partial charge < -0.3 is 14.8 Å². The molecule has 1 aromatic rings. The summed E-state index contributed by atoms with van der Waals surface area (Å²) in [4.78, 5) is 12.0. The van der Waals surface area contributed by atoms with Crippen LogP contribution in [0, 0.1) is 0 Å². The molecule has 1 amide bonds. The third-order valence-electron chi connectivity index (χ3n) is 2.92. The fourth-order valence-corrected chi connectivity index (χ4v) is 1.92. The lowest BCUT2D eigenvalue weighted by Crippen LogP contribution is -2.53. The number of benzene rings is 1. The molecule has 0 fully saturated rings. The number of unbranched alkanes of at least 4 members (excludes halogenated alkanes) is 1. The third-order valence-corrected chi connectivity index (χ3v) is 3.16. The van der Waals surface area contributed by atoms with Gasteiger partial charge in [0.2, 0.25) is 6.10 Å². The zero-order valence-electron chi connectivity index (χ0n) is 11.8. The van der Waals surface area contributed by atoms with Crippen LogP contribution in [0.2, 0.25) is 0 Å². The second-order valence-electron chi connectivity index (χ2n) is 4.59. The van der Waals surface area contributed by atoms with Crippen LogP contribution < -0.4 is 25.6 Å². The maximum atomic E-state index is 12.0. The Morgan fingerprint density at radius 2 is 2.10 bits per heavy atom. The van der Waals surface area contributed by atoms with E-state index in [2.05, 4.69) is 23.1 Å². The van der Waals surface area contributed by atoms with Gasteiger partial charge in [-0.2, -0.15) is 0 Å². The van der Waals surface area contributed by atoms with E-state index in [0.29, 0.717) is 16.6 Å². The summed E-state index contributed by atoms with van der Waals surface area (Å²) in [5, 5.41) is 3.37. The van der Waals surface area contributed by atoms with Crippen LogP contribution in [0.1, 0.15) is 19.8 Å². The summed E-state index contributed by atoms with van der Waals surface area (Å²) in [6.07, 6.45) is 1.40. The molecule has 1 aliphatic heterocycles. The maximum absolute atomic E-state index is 12.0. The number of hydrazine groups is 1. The van der Waals surface area contributed by atoms with E-state index >= 15 is 0 Å². The quantitative estimate of drug-likeness (QED) is 0.440. The molecule has 1 aromatic carbocycles. The van der Waals surface area contributed by atoms with Gasteiger partial charge in [0.25, 0.3) is 5.91 Å². The largest absolute Gasteiger partial charge is 0.485 e. The van der Waals surface area contributed by atoms with E-state index in [1.54, 1.807) is 12.1 Å². The molecule has 0 saturated heterocycles. The Bertz CT molecular complexity index is 510. The molecule has 1 atom stereocenters. The van der Waals surface area contributed by atoms with Crippen molar-refractivity contribution >= 4 is 23.2 Å². The summed E-state index contributed by atoms with van der Waals surface area (Å²) in [7, 11) is 0.